The lowest BCUT2D eigenvalue weighted by Gasteiger charge is -2.60. The van der Waals surface area contributed by atoms with Crippen molar-refractivity contribution >= 4 is 11.5 Å². The smallest absolute Gasteiger partial charge is 0.152 e. The van der Waals surface area contributed by atoms with Crippen molar-refractivity contribution in [3.63, 3.8) is 0 Å². The Morgan fingerprint density at radius 1 is 1.11 bits per heavy atom. The summed E-state index contributed by atoms with van der Waals surface area (Å²) in [7, 11) is 0. The summed E-state index contributed by atoms with van der Waals surface area (Å²) in [5.74, 6) is 2.96. The lowest BCUT2D eigenvalue weighted by atomic mass is 9.44. The molecule has 0 spiro atoms. The highest BCUT2D eigenvalue weighted by Crippen LogP contribution is 2.66. The van der Waals surface area contributed by atoms with Gasteiger partial charge in [0.2, 0.25) is 0 Å². The number of rotatable bonds is 2. The minimum Gasteiger partial charge on any atom is -0.390 e. The molecule has 148 valence electrons. The fourth-order valence-corrected chi connectivity index (χ4v) is 7.27. The summed E-state index contributed by atoms with van der Waals surface area (Å²) in [5, 5.41) is 7.76. The van der Waals surface area contributed by atoms with E-state index in [1.54, 1.807) is 0 Å². The summed E-state index contributed by atoms with van der Waals surface area (Å²) >= 11 is 0. The second-order valence-corrected chi connectivity index (χ2v) is 10.5. The van der Waals surface area contributed by atoms with Crippen LogP contribution in [0.15, 0.2) is 17.3 Å². The van der Waals surface area contributed by atoms with Crippen LogP contribution in [0.25, 0.3) is 0 Å². The number of ketones is 1. The summed E-state index contributed by atoms with van der Waals surface area (Å²) in [6, 6.07) is 0. The Balaban J connectivity index is 1.37. The van der Waals surface area contributed by atoms with Gasteiger partial charge in [-0.25, -0.2) is 0 Å². The molecule has 1 N–H and O–H groups in total. The number of carbonyl (C=O) groups excluding carboxylic acids is 1. The number of hydrogen-bond acceptors (Lipinski definition) is 4. The molecule has 5 aliphatic rings. The van der Waals surface area contributed by atoms with Crippen molar-refractivity contribution in [1.82, 2.24) is 5.32 Å². The van der Waals surface area contributed by atoms with E-state index >= 15 is 0 Å². The third-order valence-corrected chi connectivity index (χ3v) is 9.25. The van der Waals surface area contributed by atoms with Crippen molar-refractivity contribution in [1.29, 1.82) is 0 Å². The molecule has 5 fully saturated rings. The first-order chi connectivity index (χ1) is 12.9. The van der Waals surface area contributed by atoms with E-state index < -0.39 is 0 Å². The Kier molecular flexibility index (Phi) is 4.09. The molecule has 4 nitrogen and oxygen atoms in total. The average molecular weight is 371 g/mol. The molecule has 0 aromatic heterocycles. The van der Waals surface area contributed by atoms with Crippen LogP contribution in [0.3, 0.4) is 0 Å². The Hall–Kier alpha value is -1.16. The van der Waals surface area contributed by atoms with Crippen molar-refractivity contribution in [2.75, 3.05) is 13.1 Å². The van der Waals surface area contributed by atoms with Crippen LogP contribution in [0.1, 0.15) is 65.2 Å². The highest BCUT2D eigenvalue weighted by molar-refractivity contribution is 5.87. The van der Waals surface area contributed by atoms with Gasteiger partial charge >= 0.3 is 0 Å². The van der Waals surface area contributed by atoms with Gasteiger partial charge in [-0.2, -0.15) is 0 Å². The Morgan fingerprint density at radius 2 is 1.93 bits per heavy atom. The second-order valence-electron chi connectivity index (χ2n) is 10.5. The predicted octanol–water partition coefficient (Wildman–Crippen LogP) is 4.11. The molecule has 1 saturated heterocycles. The van der Waals surface area contributed by atoms with Crippen LogP contribution in [-0.4, -0.2) is 30.7 Å². The monoisotopic (exact) mass is 370 g/mol. The number of oxime groups is 1. The van der Waals surface area contributed by atoms with Gasteiger partial charge in [0.15, 0.2) is 6.10 Å². The van der Waals surface area contributed by atoms with Crippen molar-refractivity contribution < 1.29 is 9.63 Å². The maximum atomic E-state index is 12.6. The number of allylic oxidation sites excluding steroid dienone is 1. The fraction of sp³-hybridized carbons (Fsp3) is 0.826. The van der Waals surface area contributed by atoms with E-state index in [0.29, 0.717) is 34.9 Å². The number of Topliss-reactive ketones (excluding diaryl/α,β-unsaturated/α-hetero) is 1. The molecule has 6 atom stereocenters. The molecule has 4 saturated carbocycles. The molecule has 4 heteroatoms. The molecular formula is C23H34N2O2. The van der Waals surface area contributed by atoms with Crippen molar-refractivity contribution in [3.8, 4) is 0 Å². The molecule has 1 heterocycles. The largest absolute Gasteiger partial charge is 0.390 e. The van der Waals surface area contributed by atoms with Gasteiger partial charge in [-0.1, -0.05) is 31.2 Å². The predicted molar refractivity (Wildman–Crippen MR) is 106 cm³/mol. The number of hydrogen-bond donors (Lipinski definition) is 1. The van der Waals surface area contributed by atoms with Gasteiger partial charge in [0.1, 0.15) is 5.78 Å². The van der Waals surface area contributed by atoms with Gasteiger partial charge in [-0.15, -0.1) is 0 Å². The molecule has 1 aliphatic heterocycles. The third-order valence-electron chi connectivity index (χ3n) is 9.25. The van der Waals surface area contributed by atoms with Crippen molar-refractivity contribution in [2.45, 2.75) is 71.3 Å². The fourth-order valence-electron chi connectivity index (χ4n) is 7.27. The van der Waals surface area contributed by atoms with Gasteiger partial charge in [0, 0.05) is 24.9 Å². The maximum absolute atomic E-state index is 12.6. The molecule has 1 unspecified atom stereocenters. The van der Waals surface area contributed by atoms with Gasteiger partial charge in [0.25, 0.3) is 0 Å². The van der Waals surface area contributed by atoms with E-state index in [1.807, 2.05) is 0 Å². The summed E-state index contributed by atoms with van der Waals surface area (Å²) in [4.78, 5) is 18.3. The summed E-state index contributed by atoms with van der Waals surface area (Å²) in [5.41, 5.74) is 2.99. The molecule has 5 rings (SSSR count). The molecule has 0 aromatic rings. The Morgan fingerprint density at radius 3 is 2.67 bits per heavy atom. The van der Waals surface area contributed by atoms with E-state index in [4.69, 9.17) is 4.84 Å². The quantitative estimate of drug-likeness (QED) is 0.588. The van der Waals surface area contributed by atoms with Gasteiger partial charge in [-0.3, -0.25) is 4.79 Å². The molecule has 0 aromatic carbocycles. The number of fused-ring (bicyclic) bond motifs is 5. The Bertz CT molecular complexity index is 696. The summed E-state index contributed by atoms with van der Waals surface area (Å²) in [6.07, 6.45) is 8.92. The normalized spacial score (nSPS) is 48.6. The lowest BCUT2D eigenvalue weighted by molar-refractivity contribution is -0.133. The number of nitrogens with one attached hydrogen (secondary N) is 1. The van der Waals surface area contributed by atoms with Gasteiger partial charge in [0.05, 0.1) is 5.71 Å². The van der Waals surface area contributed by atoms with E-state index in [-0.39, 0.29) is 11.5 Å². The standard InChI is InChI=1S/C23H34N2O2/c1-14-10-15-11-16(25-27-17-12-24-13-17)6-8-22(15,2)19-7-9-23(3)18(21(14)19)4-5-20(23)26/h15,17-19,21,24H,1,4-13H2,2-3H3/b25-16+/t15?,18-,19-,21-,22-,23-/m0/s1. The summed E-state index contributed by atoms with van der Waals surface area (Å²) < 4.78 is 0. The molecule has 27 heavy (non-hydrogen) atoms. The van der Waals surface area contributed by atoms with E-state index in [9.17, 15) is 4.79 Å². The van der Waals surface area contributed by atoms with Crippen LogP contribution in [0.5, 0.6) is 0 Å². The minimum atomic E-state index is -0.0702. The zero-order valence-electron chi connectivity index (χ0n) is 16.9. The zero-order valence-corrected chi connectivity index (χ0v) is 16.9. The third kappa shape index (κ3) is 2.58. The molecule has 0 bridgehead atoms. The SMILES string of the molecule is C=C1CC2C/C(=N/OC3CNC3)CC[C@]2(C)[C@H]2CC[C@]3(C)C(=O)CC[C@H]3[C@H]12. The van der Waals surface area contributed by atoms with Gasteiger partial charge < -0.3 is 10.2 Å². The van der Waals surface area contributed by atoms with Crippen LogP contribution in [0, 0.1) is 34.5 Å². The van der Waals surface area contributed by atoms with E-state index in [1.165, 1.54) is 24.1 Å². The highest BCUT2D eigenvalue weighted by atomic mass is 16.6. The first-order valence-electron chi connectivity index (χ1n) is 11.0. The molecule has 0 radical (unpaired) electrons. The van der Waals surface area contributed by atoms with Crippen LogP contribution < -0.4 is 5.32 Å². The zero-order chi connectivity index (χ0) is 18.8. The molecule has 0 amide bonds. The van der Waals surface area contributed by atoms with E-state index in [2.05, 4.69) is 30.9 Å². The minimum absolute atomic E-state index is 0.0702. The second kappa shape index (κ2) is 6.17. The van der Waals surface area contributed by atoms with Crippen LogP contribution in [0.2, 0.25) is 0 Å². The van der Waals surface area contributed by atoms with E-state index in [0.717, 1.165) is 51.6 Å². The number of carbonyl (C=O) groups is 1. The van der Waals surface area contributed by atoms with Crippen molar-refractivity contribution in [3.05, 3.63) is 12.2 Å². The van der Waals surface area contributed by atoms with Gasteiger partial charge in [-0.05, 0) is 74.0 Å². The maximum Gasteiger partial charge on any atom is 0.152 e. The van der Waals surface area contributed by atoms with Crippen molar-refractivity contribution in [2.24, 2.45) is 39.7 Å². The molecular weight excluding hydrogens is 336 g/mol. The summed E-state index contributed by atoms with van der Waals surface area (Å²) in [6.45, 7) is 11.2. The van der Waals surface area contributed by atoms with Crippen LogP contribution in [0.4, 0.5) is 0 Å². The lowest BCUT2D eigenvalue weighted by Crippen LogP contribution is -2.54. The highest BCUT2D eigenvalue weighted by Gasteiger charge is 2.61. The first-order valence-corrected chi connectivity index (χ1v) is 11.0. The van der Waals surface area contributed by atoms with Crippen LogP contribution >= 0.6 is 0 Å². The van der Waals surface area contributed by atoms with Crippen LogP contribution in [-0.2, 0) is 9.63 Å². The molecule has 4 aliphatic carbocycles. The average Bonchev–Trinajstić information content (AvgIpc) is 2.90. The first kappa shape index (κ1) is 17.9. The Labute approximate surface area is 163 Å². The number of nitrogens with zero attached hydrogens (tertiary/aromatic N) is 1. The topological polar surface area (TPSA) is 50.7 Å².